The number of benzene rings is 1. The van der Waals surface area contributed by atoms with E-state index in [1.807, 2.05) is 0 Å². The van der Waals surface area contributed by atoms with E-state index in [0.717, 1.165) is 18.2 Å². The van der Waals surface area contributed by atoms with Crippen LogP contribution in [0.5, 0.6) is 0 Å². The maximum atomic E-state index is 13.1. The number of hydrogen-bond donors (Lipinski definition) is 0. The molecule has 0 N–H and O–H groups in total. The first-order valence-corrected chi connectivity index (χ1v) is 4.59. The van der Waals surface area contributed by atoms with Crippen LogP contribution in [-0.2, 0) is 0 Å². The van der Waals surface area contributed by atoms with Gasteiger partial charge in [-0.2, -0.15) is 0 Å². The molecule has 0 spiro atoms. The van der Waals surface area contributed by atoms with Crippen LogP contribution in [0, 0.1) is 28.3 Å². The van der Waals surface area contributed by atoms with Gasteiger partial charge in [0, 0.05) is 18.7 Å². The van der Waals surface area contributed by atoms with E-state index in [-0.39, 0.29) is 12.1 Å². The van der Waals surface area contributed by atoms with Crippen LogP contribution in [0.4, 0.5) is 10.1 Å². The number of halogens is 1. The second-order valence-electron chi connectivity index (χ2n) is 3.32. The standard InChI is InChI=1S/C11H9FN2O3/c1-3-4-13(2)11(15)8-5-9(12)7-10(6-8)14(16)17/h1,5-7H,4H2,2H3. The molecule has 17 heavy (non-hydrogen) atoms. The van der Waals surface area contributed by atoms with Gasteiger partial charge in [0.15, 0.2) is 0 Å². The lowest BCUT2D eigenvalue weighted by Crippen LogP contribution is -2.27. The molecular formula is C11H9FN2O3. The number of rotatable bonds is 3. The maximum Gasteiger partial charge on any atom is 0.273 e. The Kier molecular flexibility index (Phi) is 3.78. The number of nitrogens with zero attached hydrogens (tertiary/aromatic N) is 2. The van der Waals surface area contributed by atoms with E-state index in [1.54, 1.807) is 0 Å². The number of nitro benzene ring substituents is 1. The highest BCUT2D eigenvalue weighted by Crippen LogP contribution is 2.17. The topological polar surface area (TPSA) is 63.5 Å². The van der Waals surface area contributed by atoms with E-state index in [0.29, 0.717) is 0 Å². The van der Waals surface area contributed by atoms with E-state index in [9.17, 15) is 19.3 Å². The van der Waals surface area contributed by atoms with Gasteiger partial charge in [0.2, 0.25) is 0 Å². The van der Waals surface area contributed by atoms with Crippen molar-refractivity contribution in [3.8, 4) is 12.3 Å². The predicted molar refractivity (Wildman–Crippen MR) is 58.8 cm³/mol. The summed E-state index contributed by atoms with van der Waals surface area (Å²) in [6, 6.07) is 2.69. The molecule has 6 heteroatoms. The molecule has 0 radical (unpaired) electrons. The Morgan fingerprint density at radius 2 is 2.24 bits per heavy atom. The van der Waals surface area contributed by atoms with Crippen molar-refractivity contribution in [1.29, 1.82) is 0 Å². The molecule has 1 aromatic rings. The molecule has 0 aliphatic carbocycles. The van der Waals surface area contributed by atoms with Crippen molar-refractivity contribution in [2.45, 2.75) is 0 Å². The van der Waals surface area contributed by atoms with E-state index < -0.39 is 22.3 Å². The Labute approximate surface area is 97.0 Å². The Morgan fingerprint density at radius 1 is 1.59 bits per heavy atom. The number of terminal acetylenes is 1. The highest BCUT2D eigenvalue weighted by Gasteiger charge is 2.16. The molecule has 0 aliphatic heterocycles. The van der Waals surface area contributed by atoms with Crippen molar-refractivity contribution in [3.63, 3.8) is 0 Å². The molecule has 0 saturated carbocycles. The van der Waals surface area contributed by atoms with Crippen LogP contribution < -0.4 is 0 Å². The third kappa shape index (κ3) is 3.01. The summed E-state index contributed by atoms with van der Waals surface area (Å²) in [5.74, 6) is 0.847. The maximum absolute atomic E-state index is 13.1. The van der Waals surface area contributed by atoms with Crippen molar-refractivity contribution in [3.05, 3.63) is 39.7 Å². The average molecular weight is 236 g/mol. The van der Waals surface area contributed by atoms with Crippen molar-refractivity contribution < 1.29 is 14.1 Å². The van der Waals surface area contributed by atoms with Gasteiger partial charge in [0.05, 0.1) is 17.5 Å². The molecule has 0 aromatic heterocycles. The summed E-state index contributed by atoms with van der Waals surface area (Å²) in [5.41, 5.74) is -0.572. The minimum Gasteiger partial charge on any atom is -0.331 e. The minimum absolute atomic E-state index is 0.0448. The van der Waals surface area contributed by atoms with Gasteiger partial charge in [-0.3, -0.25) is 14.9 Å². The average Bonchev–Trinajstić information content (AvgIpc) is 2.27. The van der Waals surface area contributed by atoms with Crippen molar-refractivity contribution in [2.24, 2.45) is 0 Å². The number of carbonyl (C=O) groups is 1. The van der Waals surface area contributed by atoms with Gasteiger partial charge < -0.3 is 4.90 Å². The summed E-state index contributed by atoms with van der Waals surface area (Å²) in [6.45, 7) is 0.0448. The van der Waals surface area contributed by atoms with Crippen LogP contribution in [0.3, 0.4) is 0 Å². The van der Waals surface area contributed by atoms with Gasteiger partial charge >= 0.3 is 0 Å². The summed E-state index contributed by atoms with van der Waals surface area (Å²) in [6.07, 6.45) is 5.03. The number of amides is 1. The van der Waals surface area contributed by atoms with E-state index in [4.69, 9.17) is 6.42 Å². The molecular weight excluding hydrogens is 227 g/mol. The molecule has 0 bridgehead atoms. The van der Waals surface area contributed by atoms with Crippen molar-refractivity contribution >= 4 is 11.6 Å². The van der Waals surface area contributed by atoms with E-state index in [1.165, 1.54) is 11.9 Å². The first-order chi connectivity index (χ1) is 7.95. The van der Waals surface area contributed by atoms with Crippen LogP contribution in [0.25, 0.3) is 0 Å². The molecule has 1 amide bonds. The Bertz CT molecular complexity index is 508. The second kappa shape index (κ2) is 5.07. The van der Waals surface area contributed by atoms with Crippen LogP contribution >= 0.6 is 0 Å². The van der Waals surface area contributed by atoms with Crippen LogP contribution in [0.2, 0.25) is 0 Å². The van der Waals surface area contributed by atoms with Crippen LogP contribution in [-0.4, -0.2) is 29.3 Å². The molecule has 0 fully saturated rings. The minimum atomic E-state index is -0.836. The van der Waals surface area contributed by atoms with Gasteiger partial charge in [-0.1, -0.05) is 5.92 Å². The van der Waals surface area contributed by atoms with Crippen LogP contribution in [0.15, 0.2) is 18.2 Å². The summed E-state index contributed by atoms with van der Waals surface area (Å²) >= 11 is 0. The Balaban J connectivity index is 3.10. The molecule has 88 valence electrons. The van der Waals surface area contributed by atoms with Crippen LogP contribution in [0.1, 0.15) is 10.4 Å². The van der Waals surface area contributed by atoms with Gasteiger partial charge in [0.25, 0.3) is 11.6 Å². The van der Waals surface area contributed by atoms with E-state index in [2.05, 4.69) is 5.92 Å². The zero-order valence-corrected chi connectivity index (χ0v) is 9.01. The normalized spacial score (nSPS) is 9.47. The first-order valence-electron chi connectivity index (χ1n) is 4.59. The largest absolute Gasteiger partial charge is 0.331 e. The summed E-state index contributed by atoms with van der Waals surface area (Å²) in [4.78, 5) is 22.6. The third-order valence-corrected chi connectivity index (χ3v) is 2.02. The lowest BCUT2D eigenvalue weighted by molar-refractivity contribution is -0.385. The zero-order chi connectivity index (χ0) is 13.0. The molecule has 1 rings (SSSR count). The van der Waals surface area contributed by atoms with Crippen molar-refractivity contribution in [2.75, 3.05) is 13.6 Å². The number of carbonyl (C=O) groups excluding carboxylic acids is 1. The SMILES string of the molecule is C#CCN(C)C(=O)c1cc(F)cc([N+](=O)[O-])c1. The van der Waals surface area contributed by atoms with E-state index >= 15 is 0 Å². The number of nitro groups is 1. The van der Waals surface area contributed by atoms with Gasteiger partial charge in [-0.15, -0.1) is 6.42 Å². The summed E-state index contributed by atoms with van der Waals surface area (Å²) in [5, 5.41) is 10.5. The molecule has 0 atom stereocenters. The van der Waals surface area contributed by atoms with Gasteiger partial charge in [0.1, 0.15) is 5.82 Å². The lowest BCUT2D eigenvalue weighted by Gasteiger charge is -2.13. The fourth-order valence-corrected chi connectivity index (χ4v) is 1.23. The Hall–Kier alpha value is -2.42. The second-order valence-corrected chi connectivity index (χ2v) is 3.32. The fourth-order valence-electron chi connectivity index (χ4n) is 1.23. The fraction of sp³-hybridized carbons (Fsp3) is 0.182. The molecule has 0 heterocycles. The molecule has 5 nitrogen and oxygen atoms in total. The third-order valence-electron chi connectivity index (χ3n) is 2.02. The monoisotopic (exact) mass is 236 g/mol. The highest BCUT2D eigenvalue weighted by atomic mass is 19.1. The highest BCUT2D eigenvalue weighted by molar-refractivity contribution is 5.94. The van der Waals surface area contributed by atoms with Gasteiger partial charge in [-0.05, 0) is 6.07 Å². The molecule has 1 aromatic carbocycles. The lowest BCUT2D eigenvalue weighted by atomic mass is 10.1. The number of hydrogen-bond acceptors (Lipinski definition) is 3. The predicted octanol–water partition coefficient (Wildman–Crippen LogP) is 1.44. The molecule has 0 saturated heterocycles. The van der Waals surface area contributed by atoms with Gasteiger partial charge in [-0.25, -0.2) is 4.39 Å². The first kappa shape index (κ1) is 12.6. The van der Waals surface area contributed by atoms with Crippen molar-refractivity contribution in [1.82, 2.24) is 4.90 Å². The quantitative estimate of drug-likeness (QED) is 0.453. The molecule has 0 unspecified atom stereocenters. The summed E-state index contributed by atoms with van der Waals surface area (Å²) < 4.78 is 13.1. The molecule has 0 aliphatic rings. The Morgan fingerprint density at radius 3 is 2.76 bits per heavy atom. The zero-order valence-electron chi connectivity index (χ0n) is 9.01. The number of non-ortho nitro benzene ring substituents is 1. The summed E-state index contributed by atoms with van der Waals surface area (Å²) in [7, 11) is 1.43. The smallest absolute Gasteiger partial charge is 0.273 e.